The van der Waals surface area contributed by atoms with Crippen LogP contribution in [0.4, 0.5) is 10.5 Å². The molecular formula is C20H21N5O6S. The van der Waals surface area contributed by atoms with Gasteiger partial charge < -0.3 is 23.4 Å². The van der Waals surface area contributed by atoms with Gasteiger partial charge in [0.05, 0.1) is 32.3 Å². The van der Waals surface area contributed by atoms with E-state index in [2.05, 4.69) is 20.8 Å². The van der Waals surface area contributed by atoms with Gasteiger partial charge in [0.2, 0.25) is 5.16 Å². The predicted octanol–water partition coefficient (Wildman–Crippen LogP) is 2.52. The van der Waals surface area contributed by atoms with Gasteiger partial charge >= 0.3 is 6.09 Å². The molecule has 2 aliphatic heterocycles. The molecule has 2 fully saturated rings. The van der Waals surface area contributed by atoms with Crippen LogP contribution < -0.4 is 10.1 Å². The number of tetrazole rings is 1. The molecule has 5 rings (SSSR count). The standard InChI is InChI=1S/C20H21N5O6S/c1-27-13-6-4-12(5-7-13)21-20(26)31-16-10-30-17-15(9-29-18(16)17)25-19(22-23-24-25)32-11-14-3-2-8-28-14/h2-8,15-18H,9-11H2,1H3,(H,21,26). The number of amides is 1. The second kappa shape index (κ2) is 9.18. The van der Waals surface area contributed by atoms with Gasteiger partial charge in [-0.15, -0.1) is 5.10 Å². The maximum Gasteiger partial charge on any atom is 0.412 e. The normalized spacial score (nSPS) is 24.3. The van der Waals surface area contributed by atoms with E-state index in [0.717, 1.165) is 5.76 Å². The van der Waals surface area contributed by atoms with E-state index < -0.39 is 18.3 Å². The molecule has 4 atom stereocenters. The number of ether oxygens (including phenoxy) is 4. The molecule has 0 radical (unpaired) electrons. The minimum Gasteiger partial charge on any atom is -0.497 e. The molecule has 1 N–H and O–H groups in total. The quantitative estimate of drug-likeness (QED) is 0.527. The third kappa shape index (κ3) is 4.29. The number of thioether (sulfide) groups is 1. The van der Waals surface area contributed by atoms with E-state index >= 15 is 0 Å². The lowest BCUT2D eigenvalue weighted by molar-refractivity contribution is 0.00751. The Hall–Kier alpha value is -3.09. The summed E-state index contributed by atoms with van der Waals surface area (Å²) in [5.74, 6) is 2.14. The van der Waals surface area contributed by atoms with E-state index in [-0.39, 0.29) is 18.8 Å². The molecule has 0 saturated carbocycles. The molecule has 0 aliphatic carbocycles. The summed E-state index contributed by atoms with van der Waals surface area (Å²) in [7, 11) is 1.58. The number of benzene rings is 1. The van der Waals surface area contributed by atoms with Crippen molar-refractivity contribution in [2.45, 2.75) is 35.3 Å². The average Bonchev–Trinajstić information content (AvgIpc) is 3.59. The summed E-state index contributed by atoms with van der Waals surface area (Å²) in [5, 5.41) is 15.4. The number of carbonyl (C=O) groups is 1. The van der Waals surface area contributed by atoms with Crippen molar-refractivity contribution in [2.75, 3.05) is 25.6 Å². The lowest BCUT2D eigenvalue weighted by Crippen LogP contribution is -2.35. The van der Waals surface area contributed by atoms with E-state index in [1.54, 1.807) is 42.3 Å². The van der Waals surface area contributed by atoms with Gasteiger partial charge in [-0.05, 0) is 46.8 Å². The Bertz CT molecular complexity index is 1040. The second-order valence-corrected chi connectivity index (χ2v) is 8.18. The van der Waals surface area contributed by atoms with Crippen LogP contribution in [0, 0.1) is 0 Å². The fourth-order valence-corrected chi connectivity index (χ4v) is 4.57. The minimum absolute atomic E-state index is 0.215. The zero-order valence-electron chi connectivity index (χ0n) is 17.1. The summed E-state index contributed by atoms with van der Waals surface area (Å²) in [6.07, 6.45) is -0.188. The van der Waals surface area contributed by atoms with Crippen LogP contribution in [0.1, 0.15) is 11.8 Å². The van der Waals surface area contributed by atoms with E-state index in [1.165, 1.54) is 11.8 Å². The smallest absolute Gasteiger partial charge is 0.412 e. The van der Waals surface area contributed by atoms with Crippen molar-refractivity contribution in [2.24, 2.45) is 0 Å². The minimum atomic E-state index is -0.575. The van der Waals surface area contributed by atoms with Gasteiger partial charge in [-0.3, -0.25) is 5.32 Å². The first kappa shape index (κ1) is 20.8. The average molecular weight is 459 g/mol. The van der Waals surface area contributed by atoms with Gasteiger partial charge in [-0.2, -0.15) is 0 Å². The predicted molar refractivity (Wildman–Crippen MR) is 111 cm³/mol. The zero-order chi connectivity index (χ0) is 21.9. The van der Waals surface area contributed by atoms with Crippen LogP contribution in [0.2, 0.25) is 0 Å². The van der Waals surface area contributed by atoms with Crippen LogP contribution in [0.15, 0.2) is 52.2 Å². The molecule has 1 amide bonds. The summed E-state index contributed by atoms with van der Waals surface area (Å²) >= 11 is 1.47. The number of methoxy groups -OCH3 is 1. The lowest BCUT2D eigenvalue weighted by Gasteiger charge is -2.17. The third-order valence-electron chi connectivity index (χ3n) is 5.28. The number of fused-ring (bicyclic) bond motifs is 1. The molecule has 12 heteroatoms. The Morgan fingerprint density at radius 1 is 1.22 bits per heavy atom. The van der Waals surface area contributed by atoms with Crippen molar-refractivity contribution in [3.63, 3.8) is 0 Å². The van der Waals surface area contributed by atoms with Gasteiger partial charge in [0.15, 0.2) is 6.10 Å². The van der Waals surface area contributed by atoms with Crippen LogP contribution in [-0.2, 0) is 20.0 Å². The van der Waals surface area contributed by atoms with Crippen molar-refractivity contribution >= 4 is 23.5 Å². The van der Waals surface area contributed by atoms with E-state index in [9.17, 15) is 4.79 Å². The first-order valence-electron chi connectivity index (χ1n) is 9.99. The highest BCUT2D eigenvalue weighted by Crippen LogP contribution is 2.37. The number of hydrogen-bond acceptors (Lipinski definition) is 10. The number of aromatic nitrogens is 4. The van der Waals surface area contributed by atoms with Crippen molar-refractivity contribution in [1.29, 1.82) is 0 Å². The molecule has 2 aliphatic rings. The van der Waals surface area contributed by atoms with Crippen LogP contribution in [0.3, 0.4) is 0 Å². The number of furan rings is 1. The number of nitrogens with zero attached hydrogens (tertiary/aromatic N) is 4. The maximum atomic E-state index is 12.3. The van der Waals surface area contributed by atoms with E-state index in [1.807, 2.05) is 12.1 Å². The molecule has 2 saturated heterocycles. The first-order chi connectivity index (χ1) is 15.7. The molecule has 4 heterocycles. The second-order valence-electron chi connectivity index (χ2n) is 7.23. The topological polar surface area (TPSA) is 123 Å². The first-order valence-corrected chi connectivity index (χ1v) is 11.0. The fourth-order valence-electron chi connectivity index (χ4n) is 3.73. The zero-order valence-corrected chi connectivity index (χ0v) is 17.9. The number of anilines is 1. The molecule has 11 nitrogen and oxygen atoms in total. The summed E-state index contributed by atoms with van der Waals surface area (Å²) in [6, 6.07) is 10.5. The highest BCUT2D eigenvalue weighted by Gasteiger charge is 2.51. The molecule has 1 aromatic carbocycles. The number of rotatable bonds is 7. The third-order valence-corrected chi connectivity index (χ3v) is 6.23. The van der Waals surface area contributed by atoms with Crippen molar-refractivity contribution < 1.29 is 28.2 Å². The fraction of sp³-hybridized carbons (Fsp3) is 0.400. The summed E-state index contributed by atoms with van der Waals surface area (Å²) in [4.78, 5) is 12.3. The number of carbonyl (C=O) groups excluding carboxylic acids is 1. The SMILES string of the molecule is COc1ccc(NC(=O)OC2COC3C2OCC3n2nnnc2SCc2ccco2)cc1. The molecule has 32 heavy (non-hydrogen) atoms. The van der Waals surface area contributed by atoms with Crippen molar-refractivity contribution in [3.8, 4) is 5.75 Å². The Kier molecular flexibility index (Phi) is 5.97. The van der Waals surface area contributed by atoms with Gasteiger partial charge in [-0.25, -0.2) is 9.48 Å². The maximum absolute atomic E-state index is 12.3. The van der Waals surface area contributed by atoms with Crippen molar-refractivity contribution in [1.82, 2.24) is 20.2 Å². The van der Waals surface area contributed by atoms with Crippen LogP contribution in [-0.4, -0.2) is 64.9 Å². The van der Waals surface area contributed by atoms with Gasteiger partial charge in [0.25, 0.3) is 0 Å². The van der Waals surface area contributed by atoms with Crippen LogP contribution >= 0.6 is 11.8 Å². The van der Waals surface area contributed by atoms with Crippen LogP contribution in [0.25, 0.3) is 0 Å². The Morgan fingerprint density at radius 2 is 2.06 bits per heavy atom. The summed E-state index contributed by atoms with van der Waals surface area (Å²) in [5.41, 5.74) is 0.600. The Balaban J connectivity index is 1.18. The molecule has 168 valence electrons. The monoisotopic (exact) mass is 459 g/mol. The summed E-state index contributed by atoms with van der Waals surface area (Å²) in [6.45, 7) is 0.591. The van der Waals surface area contributed by atoms with Gasteiger partial charge in [-0.1, -0.05) is 11.8 Å². The molecule has 2 aromatic heterocycles. The summed E-state index contributed by atoms with van der Waals surface area (Å²) < 4.78 is 29.6. The molecular weight excluding hydrogens is 438 g/mol. The molecule has 0 bridgehead atoms. The molecule has 3 aromatic rings. The van der Waals surface area contributed by atoms with Gasteiger partial charge in [0.1, 0.15) is 29.8 Å². The number of nitrogens with one attached hydrogen (secondary N) is 1. The number of hydrogen-bond donors (Lipinski definition) is 1. The van der Waals surface area contributed by atoms with Crippen LogP contribution in [0.5, 0.6) is 5.75 Å². The largest absolute Gasteiger partial charge is 0.497 e. The Morgan fingerprint density at radius 3 is 2.84 bits per heavy atom. The van der Waals surface area contributed by atoms with E-state index in [0.29, 0.717) is 29.0 Å². The molecule has 0 spiro atoms. The highest BCUT2D eigenvalue weighted by molar-refractivity contribution is 7.98. The highest BCUT2D eigenvalue weighted by atomic mass is 32.2. The van der Waals surface area contributed by atoms with Gasteiger partial charge in [0, 0.05) is 5.69 Å². The Labute approximate surface area is 187 Å². The lowest BCUT2D eigenvalue weighted by atomic mass is 10.1. The van der Waals surface area contributed by atoms with Crippen molar-refractivity contribution in [3.05, 3.63) is 48.4 Å². The molecule has 4 unspecified atom stereocenters. The van der Waals surface area contributed by atoms with E-state index in [4.69, 9.17) is 23.4 Å².